The predicted molar refractivity (Wildman–Crippen MR) is 81.2 cm³/mol. The molecule has 1 unspecified atom stereocenters. The molecule has 2 heteroatoms. The van der Waals surface area contributed by atoms with Gasteiger partial charge in [-0.25, -0.2) is 0 Å². The lowest BCUT2D eigenvalue weighted by atomic mass is 9.93. The van der Waals surface area contributed by atoms with Gasteiger partial charge in [0.1, 0.15) is 0 Å². The Kier molecular flexibility index (Phi) is 5.58. The minimum absolute atomic E-state index is 0.550. The van der Waals surface area contributed by atoms with Crippen molar-refractivity contribution in [3.05, 3.63) is 29.8 Å². The second kappa shape index (κ2) is 7.20. The molecule has 1 aliphatic carbocycles. The third kappa shape index (κ3) is 3.76. The van der Waals surface area contributed by atoms with Crippen LogP contribution in [0.5, 0.6) is 0 Å². The van der Waals surface area contributed by atoms with E-state index in [1.807, 2.05) is 11.8 Å². The maximum atomic E-state index is 3.66. The molecule has 0 aromatic heterocycles. The van der Waals surface area contributed by atoms with Gasteiger partial charge in [-0.3, -0.25) is 0 Å². The fourth-order valence-electron chi connectivity index (χ4n) is 3.00. The molecule has 1 saturated carbocycles. The number of hydrogen-bond donors (Lipinski definition) is 1. The molecule has 100 valence electrons. The summed E-state index contributed by atoms with van der Waals surface area (Å²) in [4.78, 5) is 1.36. The van der Waals surface area contributed by atoms with Crippen molar-refractivity contribution < 1.29 is 0 Å². The highest BCUT2D eigenvalue weighted by atomic mass is 32.2. The van der Waals surface area contributed by atoms with Crippen molar-refractivity contribution >= 4 is 11.8 Å². The summed E-state index contributed by atoms with van der Waals surface area (Å²) in [6.07, 6.45) is 9.20. The predicted octanol–water partition coefficient (Wildman–Crippen LogP) is 4.64. The maximum absolute atomic E-state index is 3.66. The van der Waals surface area contributed by atoms with Crippen LogP contribution >= 0.6 is 11.8 Å². The summed E-state index contributed by atoms with van der Waals surface area (Å²) in [6.45, 7) is 3.26. The van der Waals surface area contributed by atoms with E-state index >= 15 is 0 Å². The first-order chi connectivity index (χ1) is 8.83. The van der Waals surface area contributed by atoms with Crippen molar-refractivity contribution in [2.75, 3.05) is 12.8 Å². The van der Waals surface area contributed by atoms with Crippen molar-refractivity contribution in [3.8, 4) is 0 Å². The number of rotatable bonds is 6. The third-order valence-electron chi connectivity index (χ3n) is 4.01. The van der Waals surface area contributed by atoms with E-state index < -0.39 is 0 Å². The molecule has 0 radical (unpaired) electrons. The van der Waals surface area contributed by atoms with E-state index in [-0.39, 0.29) is 0 Å². The van der Waals surface area contributed by atoms with Gasteiger partial charge in [-0.1, -0.05) is 44.7 Å². The molecule has 0 aliphatic heterocycles. The molecule has 18 heavy (non-hydrogen) atoms. The first-order valence-corrected chi connectivity index (χ1v) is 8.43. The van der Waals surface area contributed by atoms with Gasteiger partial charge in [0.25, 0.3) is 0 Å². The molecule has 1 atom stereocenters. The Balaban J connectivity index is 2.02. The number of hydrogen-bond acceptors (Lipinski definition) is 2. The van der Waals surface area contributed by atoms with Crippen molar-refractivity contribution in [1.82, 2.24) is 5.32 Å². The van der Waals surface area contributed by atoms with E-state index in [4.69, 9.17) is 0 Å². The summed E-state index contributed by atoms with van der Waals surface area (Å²) in [5.41, 5.74) is 1.46. The van der Waals surface area contributed by atoms with E-state index in [0.29, 0.717) is 6.04 Å². The van der Waals surface area contributed by atoms with Crippen LogP contribution in [0.25, 0.3) is 0 Å². The molecule has 0 heterocycles. The quantitative estimate of drug-likeness (QED) is 0.750. The molecular weight excluding hydrogens is 238 g/mol. The van der Waals surface area contributed by atoms with Crippen LogP contribution in [0.15, 0.2) is 29.2 Å². The van der Waals surface area contributed by atoms with Gasteiger partial charge in [0.05, 0.1) is 0 Å². The highest BCUT2D eigenvalue weighted by Crippen LogP contribution is 2.33. The van der Waals surface area contributed by atoms with Crippen molar-refractivity contribution in [3.63, 3.8) is 0 Å². The van der Waals surface area contributed by atoms with Gasteiger partial charge in [-0.15, -0.1) is 11.8 Å². The fraction of sp³-hybridized carbons (Fsp3) is 0.625. The number of benzene rings is 1. The Morgan fingerprint density at radius 1 is 1.22 bits per heavy atom. The molecule has 1 aromatic carbocycles. The Bertz CT molecular complexity index is 341. The molecule has 1 aliphatic rings. The molecule has 1 nitrogen and oxygen atoms in total. The molecule has 0 spiro atoms. The summed E-state index contributed by atoms with van der Waals surface area (Å²) >= 11 is 1.82. The lowest BCUT2D eigenvalue weighted by Crippen LogP contribution is -2.23. The van der Waals surface area contributed by atoms with E-state index in [9.17, 15) is 0 Å². The first kappa shape index (κ1) is 14.0. The topological polar surface area (TPSA) is 12.0 Å². The van der Waals surface area contributed by atoms with Crippen LogP contribution in [0, 0.1) is 5.92 Å². The molecule has 2 rings (SSSR count). The standard InChI is InChI=1S/C16H25NS/c1-3-17-16(12-13-6-4-5-7-13)14-8-10-15(18-2)11-9-14/h8-11,13,16-17H,3-7,12H2,1-2H3. The first-order valence-electron chi connectivity index (χ1n) is 7.20. The van der Waals surface area contributed by atoms with Crippen molar-refractivity contribution in [2.45, 2.75) is 50.0 Å². The van der Waals surface area contributed by atoms with Crippen LogP contribution in [-0.2, 0) is 0 Å². The van der Waals surface area contributed by atoms with Crippen LogP contribution < -0.4 is 5.32 Å². The highest BCUT2D eigenvalue weighted by molar-refractivity contribution is 7.98. The van der Waals surface area contributed by atoms with Gasteiger partial charge >= 0.3 is 0 Å². The van der Waals surface area contributed by atoms with Gasteiger partial charge in [-0.2, -0.15) is 0 Å². The normalized spacial score (nSPS) is 18.1. The molecule has 1 N–H and O–H groups in total. The largest absolute Gasteiger partial charge is 0.310 e. The Morgan fingerprint density at radius 3 is 2.44 bits per heavy atom. The number of thioether (sulfide) groups is 1. The maximum Gasteiger partial charge on any atom is 0.0322 e. The molecular formula is C16H25NS. The minimum atomic E-state index is 0.550. The Hall–Kier alpha value is -0.470. The summed E-state index contributed by atoms with van der Waals surface area (Å²) < 4.78 is 0. The van der Waals surface area contributed by atoms with Crippen LogP contribution in [-0.4, -0.2) is 12.8 Å². The fourth-order valence-corrected chi connectivity index (χ4v) is 3.41. The zero-order chi connectivity index (χ0) is 12.8. The average Bonchev–Trinajstić information content (AvgIpc) is 2.91. The Labute approximate surface area is 116 Å². The summed E-state index contributed by atoms with van der Waals surface area (Å²) in [6, 6.07) is 9.65. The summed E-state index contributed by atoms with van der Waals surface area (Å²) in [5, 5.41) is 3.66. The van der Waals surface area contributed by atoms with Crippen molar-refractivity contribution in [1.29, 1.82) is 0 Å². The van der Waals surface area contributed by atoms with Crippen LogP contribution in [0.3, 0.4) is 0 Å². The highest BCUT2D eigenvalue weighted by Gasteiger charge is 2.20. The van der Waals surface area contributed by atoms with Gasteiger partial charge in [-0.05, 0) is 42.8 Å². The van der Waals surface area contributed by atoms with Gasteiger partial charge in [0, 0.05) is 10.9 Å². The second-order valence-electron chi connectivity index (χ2n) is 5.27. The van der Waals surface area contributed by atoms with E-state index in [0.717, 1.165) is 12.5 Å². The lowest BCUT2D eigenvalue weighted by Gasteiger charge is -2.22. The van der Waals surface area contributed by atoms with Crippen LogP contribution in [0.2, 0.25) is 0 Å². The van der Waals surface area contributed by atoms with E-state index in [2.05, 4.69) is 42.8 Å². The minimum Gasteiger partial charge on any atom is -0.310 e. The van der Waals surface area contributed by atoms with Gasteiger partial charge < -0.3 is 5.32 Å². The van der Waals surface area contributed by atoms with Crippen LogP contribution in [0.4, 0.5) is 0 Å². The monoisotopic (exact) mass is 263 g/mol. The molecule has 0 amide bonds. The van der Waals surface area contributed by atoms with Gasteiger partial charge in [0.15, 0.2) is 0 Å². The summed E-state index contributed by atoms with van der Waals surface area (Å²) in [7, 11) is 0. The molecule has 0 saturated heterocycles. The molecule has 1 fully saturated rings. The summed E-state index contributed by atoms with van der Waals surface area (Å²) in [5.74, 6) is 0.939. The second-order valence-corrected chi connectivity index (χ2v) is 6.15. The SMILES string of the molecule is CCNC(CC1CCCC1)c1ccc(SC)cc1. The zero-order valence-corrected chi connectivity index (χ0v) is 12.4. The lowest BCUT2D eigenvalue weighted by molar-refractivity contribution is 0.400. The molecule has 0 bridgehead atoms. The zero-order valence-electron chi connectivity index (χ0n) is 11.6. The van der Waals surface area contributed by atoms with Crippen LogP contribution in [0.1, 0.15) is 50.6 Å². The van der Waals surface area contributed by atoms with Crippen molar-refractivity contribution in [2.24, 2.45) is 5.92 Å². The third-order valence-corrected chi connectivity index (χ3v) is 4.76. The van der Waals surface area contributed by atoms with Gasteiger partial charge in [0.2, 0.25) is 0 Å². The smallest absolute Gasteiger partial charge is 0.0322 e. The molecule has 1 aromatic rings. The van der Waals surface area contributed by atoms with E-state index in [1.54, 1.807) is 0 Å². The van der Waals surface area contributed by atoms with E-state index in [1.165, 1.54) is 42.6 Å². The number of nitrogens with one attached hydrogen (secondary N) is 1. The average molecular weight is 263 g/mol. The Morgan fingerprint density at radius 2 is 1.89 bits per heavy atom.